The van der Waals surface area contributed by atoms with Gasteiger partial charge in [-0.05, 0) is 19.2 Å². The lowest BCUT2D eigenvalue weighted by molar-refractivity contribution is -0.384. The average Bonchev–Trinajstić information content (AvgIpc) is 2.27. The van der Waals surface area contributed by atoms with Crippen molar-refractivity contribution in [3.63, 3.8) is 0 Å². The van der Waals surface area contributed by atoms with Crippen LogP contribution in [0, 0.1) is 10.1 Å². The molecule has 0 aliphatic rings. The fraction of sp³-hybridized carbons (Fsp3) is 0.455. The maximum Gasteiger partial charge on any atom is 0.292 e. The summed E-state index contributed by atoms with van der Waals surface area (Å²) < 4.78 is 0. The molecule has 0 aliphatic heterocycles. The minimum Gasteiger partial charge on any atom is -0.387 e. The van der Waals surface area contributed by atoms with Crippen molar-refractivity contribution >= 4 is 23.1 Å². The Hall–Kier alpha value is -1.27. The number of benzene rings is 1. The molecular formula is C11H16N2O3S. The van der Waals surface area contributed by atoms with Crippen molar-refractivity contribution in [2.75, 3.05) is 23.9 Å². The Morgan fingerprint density at radius 3 is 2.76 bits per heavy atom. The molecule has 5 nitrogen and oxygen atoms in total. The third-order valence-electron chi connectivity index (χ3n) is 2.22. The van der Waals surface area contributed by atoms with Crippen LogP contribution in [0.2, 0.25) is 0 Å². The summed E-state index contributed by atoms with van der Waals surface area (Å²) in [6.45, 7) is 1.98. The predicted octanol–water partition coefficient (Wildman–Crippen LogP) is 2.12. The lowest BCUT2D eigenvalue weighted by Crippen LogP contribution is -2.36. The summed E-state index contributed by atoms with van der Waals surface area (Å²) in [7, 11) is 0. The van der Waals surface area contributed by atoms with Crippen LogP contribution in [0.3, 0.4) is 0 Å². The summed E-state index contributed by atoms with van der Waals surface area (Å²) in [5.74, 6) is 0.570. The van der Waals surface area contributed by atoms with E-state index < -0.39 is 10.5 Å². The quantitative estimate of drug-likeness (QED) is 0.602. The molecule has 2 N–H and O–H groups in total. The Labute approximate surface area is 104 Å². The van der Waals surface area contributed by atoms with E-state index in [1.54, 1.807) is 25.1 Å². The molecular weight excluding hydrogens is 240 g/mol. The number of nitro groups is 1. The number of hydrogen-bond acceptors (Lipinski definition) is 5. The van der Waals surface area contributed by atoms with Crippen LogP contribution in [0.1, 0.15) is 6.92 Å². The molecule has 1 rings (SSSR count). The fourth-order valence-corrected chi connectivity index (χ4v) is 2.15. The topological polar surface area (TPSA) is 75.4 Å². The van der Waals surface area contributed by atoms with Crippen molar-refractivity contribution in [2.45, 2.75) is 12.5 Å². The van der Waals surface area contributed by atoms with Crippen LogP contribution in [-0.4, -0.2) is 34.2 Å². The number of rotatable bonds is 6. The van der Waals surface area contributed by atoms with E-state index in [-0.39, 0.29) is 12.2 Å². The molecule has 0 amide bonds. The fourth-order valence-electron chi connectivity index (χ4n) is 1.43. The molecule has 0 aromatic heterocycles. The van der Waals surface area contributed by atoms with E-state index >= 15 is 0 Å². The molecule has 17 heavy (non-hydrogen) atoms. The van der Waals surface area contributed by atoms with E-state index in [9.17, 15) is 15.2 Å². The van der Waals surface area contributed by atoms with Crippen molar-refractivity contribution in [3.8, 4) is 0 Å². The monoisotopic (exact) mass is 256 g/mol. The van der Waals surface area contributed by atoms with Gasteiger partial charge in [0, 0.05) is 18.4 Å². The molecule has 1 aromatic carbocycles. The number of para-hydroxylation sites is 2. The summed E-state index contributed by atoms with van der Waals surface area (Å²) >= 11 is 1.53. The molecule has 0 radical (unpaired) electrons. The highest BCUT2D eigenvalue weighted by atomic mass is 32.2. The summed E-state index contributed by atoms with van der Waals surface area (Å²) in [6, 6.07) is 6.40. The molecule has 0 heterocycles. The lowest BCUT2D eigenvalue weighted by Gasteiger charge is -2.23. The molecule has 94 valence electrons. The van der Waals surface area contributed by atoms with Gasteiger partial charge in [-0.1, -0.05) is 12.1 Å². The van der Waals surface area contributed by atoms with Crippen LogP contribution in [0.25, 0.3) is 0 Å². The van der Waals surface area contributed by atoms with E-state index in [2.05, 4.69) is 5.32 Å². The first kappa shape index (κ1) is 13.8. The van der Waals surface area contributed by atoms with Gasteiger partial charge in [0.05, 0.1) is 10.5 Å². The molecule has 6 heteroatoms. The zero-order chi connectivity index (χ0) is 12.9. The first-order chi connectivity index (χ1) is 7.96. The molecule has 0 bridgehead atoms. The Balaban J connectivity index is 2.72. The minimum atomic E-state index is -0.886. The van der Waals surface area contributed by atoms with Crippen molar-refractivity contribution < 1.29 is 10.0 Å². The molecule has 0 saturated carbocycles. The first-order valence-electron chi connectivity index (χ1n) is 5.15. The molecule has 0 saturated heterocycles. The summed E-state index contributed by atoms with van der Waals surface area (Å²) in [4.78, 5) is 10.3. The van der Waals surface area contributed by atoms with Gasteiger partial charge in [-0.25, -0.2) is 0 Å². The van der Waals surface area contributed by atoms with Gasteiger partial charge in [0.1, 0.15) is 5.69 Å². The third-order valence-corrected chi connectivity index (χ3v) is 3.13. The minimum absolute atomic E-state index is 0.0208. The zero-order valence-corrected chi connectivity index (χ0v) is 10.7. The van der Waals surface area contributed by atoms with E-state index in [1.165, 1.54) is 17.8 Å². The van der Waals surface area contributed by atoms with Crippen molar-refractivity contribution in [1.29, 1.82) is 0 Å². The van der Waals surface area contributed by atoms with Crippen LogP contribution in [-0.2, 0) is 0 Å². The summed E-state index contributed by atoms with van der Waals surface area (Å²) in [5.41, 5.74) is -0.435. The van der Waals surface area contributed by atoms with Crippen molar-refractivity contribution in [3.05, 3.63) is 34.4 Å². The number of nitrogens with zero attached hydrogens (tertiary/aromatic N) is 1. The van der Waals surface area contributed by atoms with Crippen LogP contribution < -0.4 is 5.32 Å². The zero-order valence-electron chi connectivity index (χ0n) is 9.84. The number of aliphatic hydroxyl groups is 1. The van der Waals surface area contributed by atoms with Crippen LogP contribution in [0.15, 0.2) is 24.3 Å². The van der Waals surface area contributed by atoms with E-state index in [1.807, 2.05) is 6.26 Å². The SMILES string of the molecule is CSC[C@](C)(O)CNc1ccccc1[N+](=O)[O-]. The number of anilines is 1. The summed E-state index contributed by atoms with van der Waals surface area (Å²) in [5, 5.41) is 23.6. The van der Waals surface area contributed by atoms with Crippen LogP contribution in [0.4, 0.5) is 11.4 Å². The molecule has 0 unspecified atom stereocenters. The van der Waals surface area contributed by atoms with Gasteiger partial charge in [0.2, 0.25) is 0 Å². The highest BCUT2D eigenvalue weighted by molar-refractivity contribution is 7.98. The van der Waals surface area contributed by atoms with E-state index in [0.717, 1.165) is 0 Å². The second kappa shape index (κ2) is 5.88. The van der Waals surface area contributed by atoms with Gasteiger partial charge in [0.15, 0.2) is 0 Å². The number of thioether (sulfide) groups is 1. The largest absolute Gasteiger partial charge is 0.387 e. The molecule has 1 aromatic rings. The Morgan fingerprint density at radius 1 is 1.53 bits per heavy atom. The number of hydrogen-bond donors (Lipinski definition) is 2. The normalized spacial score (nSPS) is 14.1. The maximum atomic E-state index is 10.8. The predicted molar refractivity (Wildman–Crippen MR) is 70.6 cm³/mol. The Kier molecular flexibility index (Phi) is 4.77. The smallest absolute Gasteiger partial charge is 0.292 e. The van der Waals surface area contributed by atoms with Crippen molar-refractivity contribution in [2.24, 2.45) is 0 Å². The standard InChI is InChI=1S/C11H16N2O3S/c1-11(14,8-17-2)7-12-9-5-3-4-6-10(9)13(15)16/h3-6,12,14H,7-8H2,1-2H3/t11-/m1/s1. The van der Waals surface area contributed by atoms with Gasteiger partial charge in [-0.2, -0.15) is 11.8 Å². The van der Waals surface area contributed by atoms with Gasteiger partial charge in [0.25, 0.3) is 5.69 Å². The first-order valence-corrected chi connectivity index (χ1v) is 6.54. The molecule has 0 spiro atoms. The Bertz CT molecular complexity index is 396. The number of nitrogens with one attached hydrogen (secondary N) is 1. The molecule has 1 atom stereocenters. The van der Waals surface area contributed by atoms with Crippen LogP contribution in [0.5, 0.6) is 0 Å². The second-order valence-corrected chi connectivity index (χ2v) is 4.92. The van der Waals surface area contributed by atoms with Crippen LogP contribution >= 0.6 is 11.8 Å². The van der Waals surface area contributed by atoms with Gasteiger partial charge < -0.3 is 10.4 Å². The van der Waals surface area contributed by atoms with Crippen molar-refractivity contribution in [1.82, 2.24) is 0 Å². The van der Waals surface area contributed by atoms with E-state index in [0.29, 0.717) is 11.4 Å². The lowest BCUT2D eigenvalue weighted by atomic mass is 10.1. The number of nitro benzene ring substituents is 1. The highest BCUT2D eigenvalue weighted by Crippen LogP contribution is 2.24. The highest BCUT2D eigenvalue weighted by Gasteiger charge is 2.21. The molecule has 0 fully saturated rings. The van der Waals surface area contributed by atoms with Gasteiger partial charge >= 0.3 is 0 Å². The summed E-state index contributed by atoms with van der Waals surface area (Å²) in [6.07, 6.45) is 1.90. The van der Waals surface area contributed by atoms with Gasteiger partial charge in [-0.15, -0.1) is 0 Å². The average molecular weight is 256 g/mol. The maximum absolute atomic E-state index is 10.8. The second-order valence-electron chi connectivity index (χ2n) is 4.06. The van der Waals surface area contributed by atoms with E-state index in [4.69, 9.17) is 0 Å². The Morgan fingerprint density at radius 2 is 2.18 bits per heavy atom. The molecule has 0 aliphatic carbocycles. The van der Waals surface area contributed by atoms with Gasteiger partial charge in [-0.3, -0.25) is 10.1 Å². The third kappa shape index (κ3) is 4.24.